The third-order valence-corrected chi connectivity index (χ3v) is 2.10. The van der Waals surface area contributed by atoms with E-state index in [1.807, 2.05) is 18.2 Å². The normalized spacial score (nSPS) is 25.6. The van der Waals surface area contributed by atoms with Crippen molar-refractivity contribution in [2.45, 2.75) is 12.2 Å². The fourth-order valence-corrected chi connectivity index (χ4v) is 1.44. The van der Waals surface area contributed by atoms with Crippen LogP contribution in [0.25, 0.3) is 0 Å². The highest BCUT2D eigenvalue weighted by molar-refractivity contribution is 5.63. The van der Waals surface area contributed by atoms with Gasteiger partial charge in [0.15, 0.2) is 12.2 Å². The summed E-state index contributed by atoms with van der Waals surface area (Å²) in [6.45, 7) is -0.481. The molecule has 0 aromatic heterocycles. The molecule has 0 spiro atoms. The molecular weight excluding hydrogens is 184 g/mol. The van der Waals surface area contributed by atoms with Gasteiger partial charge >= 0.3 is 6.16 Å². The Morgan fingerprint density at radius 2 is 1.86 bits per heavy atom. The molecule has 4 nitrogen and oxygen atoms in total. The number of carbonyl (C=O) groups is 1. The van der Waals surface area contributed by atoms with E-state index < -0.39 is 25.0 Å². The van der Waals surface area contributed by atoms with E-state index >= 15 is 0 Å². The predicted octanol–water partition coefficient (Wildman–Crippen LogP) is 1.69. The molecule has 2 atom stereocenters. The Kier molecular flexibility index (Phi) is 2.37. The third-order valence-electron chi connectivity index (χ3n) is 2.10. The van der Waals surface area contributed by atoms with Crippen molar-refractivity contribution in [3.8, 4) is 0 Å². The minimum atomic E-state index is -0.764. The second-order valence-electron chi connectivity index (χ2n) is 3.02. The van der Waals surface area contributed by atoms with Gasteiger partial charge in [0.2, 0.25) is 0 Å². The number of carbonyl (C=O) groups excluding carboxylic acids is 1. The van der Waals surface area contributed by atoms with Crippen LogP contribution in [-0.4, -0.2) is 18.9 Å². The van der Waals surface area contributed by atoms with Gasteiger partial charge in [-0.1, -0.05) is 30.3 Å². The standard InChI is InChI=1S/C10H9O4/c11-6-8-9(14-10(12)13-8)7-4-2-1-3-5-7/h1-5,8-9H,6H2. The summed E-state index contributed by atoms with van der Waals surface area (Å²) in [5, 5.41) is 10.7. The lowest BCUT2D eigenvalue weighted by molar-refractivity contribution is 0.0470. The predicted molar refractivity (Wildman–Crippen MR) is 46.1 cm³/mol. The van der Waals surface area contributed by atoms with Crippen molar-refractivity contribution in [1.29, 1.82) is 0 Å². The summed E-state index contributed by atoms with van der Waals surface area (Å²) in [6, 6.07) is 9.10. The van der Waals surface area contributed by atoms with Gasteiger partial charge in [-0.3, -0.25) is 0 Å². The summed E-state index contributed by atoms with van der Waals surface area (Å²) in [7, 11) is 0. The molecule has 4 heteroatoms. The zero-order chi connectivity index (χ0) is 9.97. The lowest BCUT2D eigenvalue weighted by Gasteiger charge is -2.11. The molecule has 73 valence electrons. The molecular formula is C10H9O4. The van der Waals surface area contributed by atoms with Crippen molar-refractivity contribution in [2.24, 2.45) is 0 Å². The highest BCUT2D eigenvalue weighted by Crippen LogP contribution is 2.29. The van der Waals surface area contributed by atoms with Crippen molar-refractivity contribution in [3.05, 3.63) is 35.9 Å². The Hall–Kier alpha value is -1.55. The van der Waals surface area contributed by atoms with Crippen LogP contribution in [0.2, 0.25) is 0 Å². The fraction of sp³-hybridized carbons (Fsp3) is 0.300. The van der Waals surface area contributed by atoms with E-state index in [0.29, 0.717) is 0 Å². The van der Waals surface area contributed by atoms with Gasteiger partial charge in [-0.2, -0.15) is 0 Å². The molecule has 1 aliphatic heterocycles. The van der Waals surface area contributed by atoms with Crippen molar-refractivity contribution < 1.29 is 19.4 Å². The maximum absolute atomic E-state index is 10.8. The lowest BCUT2D eigenvalue weighted by atomic mass is 10.1. The van der Waals surface area contributed by atoms with Crippen LogP contribution < -0.4 is 0 Å². The summed E-state index contributed by atoms with van der Waals surface area (Å²) < 4.78 is 9.59. The van der Waals surface area contributed by atoms with Crippen LogP contribution in [0.5, 0.6) is 0 Å². The van der Waals surface area contributed by atoms with E-state index in [2.05, 4.69) is 0 Å². The highest BCUT2D eigenvalue weighted by Gasteiger charge is 2.37. The number of ether oxygens (including phenoxy) is 2. The van der Waals surface area contributed by atoms with Crippen LogP contribution >= 0.6 is 0 Å². The van der Waals surface area contributed by atoms with E-state index in [9.17, 15) is 9.90 Å². The second kappa shape index (κ2) is 3.67. The minimum absolute atomic E-state index is 0.481. The molecule has 0 bridgehead atoms. The van der Waals surface area contributed by atoms with Gasteiger partial charge in [-0.25, -0.2) is 9.90 Å². The molecule has 1 aromatic rings. The average Bonchev–Trinajstić information content (AvgIpc) is 2.61. The van der Waals surface area contributed by atoms with Gasteiger partial charge in [-0.15, -0.1) is 0 Å². The van der Waals surface area contributed by atoms with E-state index in [1.165, 1.54) is 0 Å². The highest BCUT2D eigenvalue weighted by atomic mass is 16.8. The maximum Gasteiger partial charge on any atom is 0.509 e. The molecule has 0 aliphatic carbocycles. The molecule has 1 saturated heterocycles. The van der Waals surface area contributed by atoms with Gasteiger partial charge in [0.25, 0.3) is 0 Å². The number of hydrogen-bond donors (Lipinski definition) is 0. The van der Waals surface area contributed by atoms with Crippen molar-refractivity contribution in [2.75, 3.05) is 6.61 Å². The summed E-state index contributed by atoms with van der Waals surface area (Å²) >= 11 is 0. The molecule has 0 saturated carbocycles. The summed E-state index contributed by atoms with van der Waals surface area (Å²) in [4.78, 5) is 10.8. The van der Waals surface area contributed by atoms with Crippen LogP contribution in [0, 0.1) is 0 Å². The first-order valence-corrected chi connectivity index (χ1v) is 4.31. The zero-order valence-corrected chi connectivity index (χ0v) is 7.38. The maximum atomic E-state index is 10.8. The summed E-state index contributed by atoms with van der Waals surface area (Å²) in [6.07, 6.45) is -2.02. The molecule has 2 unspecified atom stereocenters. The average molecular weight is 193 g/mol. The van der Waals surface area contributed by atoms with E-state index in [1.54, 1.807) is 12.1 Å². The number of benzene rings is 1. The monoisotopic (exact) mass is 193 g/mol. The Morgan fingerprint density at radius 1 is 1.14 bits per heavy atom. The molecule has 1 aliphatic rings. The zero-order valence-electron chi connectivity index (χ0n) is 7.38. The van der Waals surface area contributed by atoms with Gasteiger partial charge in [-0.05, 0) is 5.56 Å². The minimum Gasteiger partial charge on any atom is -0.424 e. The Labute approximate surface area is 81.1 Å². The fourth-order valence-electron chi connectivity index (χ4n) is 1.44. The molecule has 1 aromatic carbocycles. The number of hydrogen-bond acceptors (Lipinski definition) is 3. The van der Waals surface area contributed by atoms with Crippen LogP contribution in [-0.2, 0) is 14.6 Å². The van der Waals surface area contributed by atoms with E-state index in [-0.39, 0.29) is 0 Å². The van der Waals surface area contributed by atoms with Crippen molar-refractivity contribution in [1.82, 2.24) is 0 Å². The molecule has 2 rings (SSSR count). The summed E-state index contributed by atoms with van der Waals surface area (Å²) in [5.74, 6) is 0. The smallest absolute Gasteiger partial charge is 0.424 e. The quantitative estimate of drug-likeness (QED) is 0.671. The van der Waals surface area contributed by atoms with Crippen LogP contribution in [0.1, 0.15) is 11.7 Å². The van der Waals surface area contributed by atoms with Crippen molar-refractivity contribution in [3.63, 3.8) is 0 Å². The third kappa shape index (κ3) is 1.56. The molecule has 1 heterocycles. The first kappa shape index (κ1) is 9.02. The van der Waals surface area contributed by atoms with Gasteiger partial charge in [0.1, 0.15) is 6.61 Å². The molecule has 14 heavy (non-hydrogen) atoms. The molecule has 0 amide bonds. The second-order valence-corrected chi connectivity index (χ2v) is 3.02. The summed E-state index contributed by atoms with van der Waals surface area (Å²) in [5.41, 5.74) is 0.791. The van der Waals surface area contributed by atoms with E-state index in [0.717, 1.165) is 5.56 Å². The Balaban J connectivity index is 2.22. The van der Waals surface area contributed by atoms with E-state index in [4.69, 9.17) is 9.47 Å². The van der Waals surface area contributed by atoms with Crippen molar-refractivity contribution >= 4 is 6.16 Å². The molecule has 1 radical (unpaired) electrons. The number of cyclic esters (lactones) is 2. The Morgan fingerprint density at radius 3 is 2.50 bits per heavy atom. The SMILES string of the molecule is [O]CC1OC(=O)OC1c1ccccc1. The van der Waals surface area contributed by atoms with Gasteiger partial charge in [0.05, 0.1) is 0 Å². The largest absolute Gasteiger partial charge is 0.509 e. The van der Waals surface area contributed by atoms with Gasteiger partial charge < -0.3 is 9.47 Å². The topological polar surface area (TPSA) is 55.4 Å². The Bertz CT molecular complexity index is 322. The molecule has 0 N–H and O–H groups in total. The lowest BCUT2D eigenvalue weighted by Crippen LogP contribution is -2.18. The van der Waals surface area contributed by atoms with Crippen LogP contribution in [0.4, 0.5) is 4.79 Å². The van der Waals surface area contributed by atoms with Crippen LogP contribution in [0.15, 0.2) is 30.3 Å². The molecule has 1 fully saturated rings. The first-order chi connectivity index (χ1) is 6.81. The number of rotatable bonds is 2. The van der Waals surface area contributed by atoms with Crippen LogP contribution in [0.3, 0.4) is 0 Å². The first-order valence-electron chi connectivity index (χ1n) is 4.31. The van der Waals surface area contributed by atoms with Gasteiger partial charge in [0, 0.05) is 0 Å².